The lowest BCUT2D eigenvalue weighted by Gasteiger charge is -2.21. The van der Waals surface area contributed by atoms with E-state index in [1.807, 2.05) is 0 Å². The standard InChI is InChI=1S/C21H26N4O3S2/c1-15-5-7-18(8-6-15)21-22-19(14-29-21)13-24-9-4-10-25(12-11-24)30(26,27)20-16(2)23-28-17(20)3/h5-8,14H,4,9-13H2,1-3H3. The maximum Gasteiger partial charge on any atom is 0.248 e. The van der Waals surface area contributed by atoms with Crippen LogP contribution in [0.25, 0.3) is 10.6 Å². The predicted octanol–water partition coefficient (Wildman–Crippen LogP) is 3.62. The number of thiazole rings is 1. The van der Waals surface area contributed by atoms with E-state index in [4.69, 9.17) is 9.51 Å². The van der Waals surface area contributed by atoms with Crippen LogP contribution in [-0.2, 0) is 16.6 Å². The summed E-state index contributed by atoms with van der Waals surface area (Å²) < 4.78 is 32.8. The van der Waals surface area contributed by atoms with Crippen LogP contribution in [0, 0.1) is 20.8 Å². The summed E-state index contributed by atoms with van der Waals surface area (Å²) in [6, 6.07) is 8.39. The Morgan fingerprint density at radius 3 is 2.53 bits per heavy atom. The molecule has 0 bridgehead atoms. The van der Waals surface area contributed by atoms with Crippen molar-refractivity contribution >= 4 is 21.4 Å². The van der Waals surface area contributed by atoms with Gasteiger partial charge in [-0.05, 0) is 33.7 Å². The number of aromatic nitrogens is 2. The van der Waals surface area contributed by atoms with Gasteiger partial charge in [0, 0.05) is 37.1 Å². The minimum Gasteiger partial charge on any atom is -0.360 e. The quantitative estimate of drug-likeness (QED) is 0.596. The maximum absolute atomic E-state index is 13.1. The van der Waals surface area contributed by atoms with Crippen molar-refractivity contribution in [2.45, 2.75) is 38.6 Å². The topological polar surface area (TPSA) is 79.5 Å². The van der Waals surface area contributed by atoms with Crippen molar-refractivity contribution in [2.24, 2.45) is 0 Å². The molecular weight excluding hydrogens is 420 g/mol. The summed E-state index contributed by atoms with van der Waals surface area (Å²) in [6.07, 6.45) is 0.775. The zero-order valence-corrected chi connectivity index (χ0v) is 19.1. The largest absolute Gasteiger partial charge is 0.360 e. The van der Waals surface area contributed by atoms with E-state index in [1.54, 1.807) is 29.5 Å². The predicted molar refractivity (Wildman–Crippen MR) is 117 cm³/mol. The highest BCUT2D eigenvalue weighted by Gasteiger charge is 2.32. The Balaban J connectivity index is 1.42. The molecule has 0 aliphatic carbocycles. The second-order valence-corrected chi connectivity index (χ2v) is 10.4. The fourth-order valence-corrected chi connectivity index (χ4v) is 6.33. The molecule has 0 atom stereocenters. The summed E-state index contributed by atoms with van der Waals surface area (Å²) >= 11 is 1.65. The van der Waals surface area contributed by atoms with Gasteiger partial charge in [-0.15, -0.1) is 11.3 Å². The van der Waals surface area contributed by atoms with Gasteiger partial charge in [-0.2, -0.15) is 4.31 Å². The van der Waals surface area contributed by atoms with Gasteiger partial charge in [0.1, 0.15) is 15.6 Å². The zero-order valence-electron chi connectivity index (χ0n) is 17.5. The number of nitrogens with zero attached hydrogens (tertiary/aromatic N) is 4. The summed E-state index contributed by atoms with van der Waals surface area (Å²) in [6.45, 7) is 8.56. The monoisotopic (exact) mass is 446 g/mol. The van der Waals surface area contributed by atoms with Crippen LogP contribution in [0.2, 0.25) is 0 Å². The van der Waals surface area contributed by atoms with Crippen molar-refractivity contribution in [2.75, 3.05) is 26.2 Å². The Morgan fingerprint density at radius 2 is 1.83 bits per heavy atom. The van der Waals surface area contributed by atoms with Crippen LogP contribution < -0.4 is 0 Å². The molecule has 0 spiro atoms. The lowest BCUT2D eigenvalue weighted by molar-refractivity contribution is 0.276. The van der Waals surface area contributed by atoms with Crippen LogP contribution in [0.4, 0.5) is 0 Å². The Labute approximate surface area is 181 Å². The van der Waals surface area contributed by atoms with Crippen LogP contribution in [0.5, 0.6) is 0 Å². The third kappa shape index (κ3) is 4.34. The first-order chi connectivity index (χ1) is 14.3. The number of hydrogen-bond acceptors (Lipinski definition) is 7. The molecule has 4 rings (SSSR count). The second kappa shape index (κ2) is 8.58. The smallest absolute Gasteiger partial charge is 0.248 e. The number of sulfonamides is 1. The molecule has 1 aromatic carbocycles. The van der Waals surface area contributed by atoms with Crippen molar-refractivity contribution in [1.29, 1.82) is 0 Å². The van der Waals surface area contributed by atoms with E-state index in [1.165, 1.54) is 5.56 Å². The van der Waals surface area contributed by atoms with E-state index < -0.39 is 10.0 Å². The zero-order chi connectivity index (χ0) is 21.3. The molecule has 2 aromatic heterocycles. The molecule has 0 saturated carbocycles. The molecule has 3 heterocycles. The Morgan fingerprint density at radius 1 is 1.07 bits per heavy atom. The number of hydrogen-bond donors (Lipinski definition) is 0. The summed E-state index contributed by atoms with van der Waals surface area (Å²) in [5, 5.41) is 6.92. The van der Waals surface area contributed by atoms with E-state index in [9.17, 15) is 8.42 Å². The lowest BCUT2D eigenvalue weighted by atomic mass is 10.2. The summed E-state index contributed by atoms with van der Waals surface area (Å²) in [4.78, 5) is 7.27. The van der Waals surface area contributed by atoms with Gasteiger partial charge in [-0.25, -0.2) is 13.4 Å². The van der Waals surface area contributed by atoms with E-state index in [0.717, 1.165) is 35.8 Å². The van der Waals surface area contributed by atoms with Gasteiger partial charge >= 0.3 is 0 Å². The first-order valence-corrected chi connectivity index (χ1v) is 12.3. The van der Waals surface area contributed by atoms with Crippen molar-refractivity contribution in [1.82, 2.24) is 19.3 Å². The molecular formula is C21H26N4O3S2. The summed E-state index contributed by atoms with van der Waals surface area (Å²) in [7, 11) is -3.60. The van der Waals surface area contributed by atoms with Gasteiger partial charge in [0.25, 0.3) is 0 Å². The third-order valence-corrected chi connectivity index (χ3v) is 8.43. The third-order valence-electron chi connectivity index (χ3n) is 5.35. The molecule has 3 aromatic rings. The molecule has 0 amide bonds. The fourth-order valence-electron chi connectivity index (χ4n) is 3.76. The molecule has 1 saturated heterocycles. The average Bonchev–Trinajstić information content (AvgIpc) is 3.22. The molecule has 7 nitrogen and oxygen atoms in total. The minimum atomic E-state index is -3.60. The number of benzene rings is 1. The van der Waals surface area contributed by atoms with Gasteiger partial charge < -0.3 is 4.52 Å². The Hall–Kier alpha value is -2.07. The van der Waals surface area contributed by atoms with Crippen LogP contribution in [-0.4, -0.2) is 53.9 Å². The van der Waals surface area contributed by atoms with E-state index in [-0.39, 0.29) is 4.90 Å². The van der Waals surface area contributed by atoms with Gasteiger partial charge in [0.15, 0.2) is 5.76 Å². The fraction of sp³-hybridized carbons (Fsp3) is 0.429. The minimum absolute atomic E-state index is 0.207. The Bertz CT molecular complexity index is 1100. The average molecular weight is 447 g/mol. The number of aryl methyl sites for hydroxylation is 3. The highest BCUT2D eigenvalue weighted by molar-refractivity contribution is 7.89. The molecule has 0 N–H and O–H groups in total. The van der Waals surface area contributed by atoms with Crippen molar-refractivity contribution in [3.8, 4) is 10.6 Å². The van der Waals surface area contributed by atoms with Crippen molar-refractivity contribution < 1.29 is 12.9 Å². The van der Waals surface area contributed by atoms with Crippen LogP contribution in [0.15, 0.2) is 39.1 Å². The molecule has 30 heavy (non-hydrogen) atoms. The maximum atomic E-state index is 13.1. The molecule has 1 fully saturated rings. The molecule has 160 valence electrons. The van der Waals surface area contributed by atoms with Crippen LogP contribution >= 0.6 is 11.3 Å². The summed E-state index contributed by atoms with van der Waals surface area (Å²) in [5.74, 6) is 0.347. The van der Waals surface area contributed by atoms with Crippen LogP contribution in [0.1, 0.15) is 29.1 Å². The van der Waals surface area contributed by atoms with Gasteiger partial charge in [0.05, 0.1) is 5.69 Å². The van der Waals surface area contributed by atoms with Gasteiger partial charge in [0.2, 0.25) is 10.0 Å². The molecule has 0 unspecified atom stereocenters. The van der Waals surface area contributed by atoms with Crippen molar-refractivity contribution in [3.05, 3.63) is 52.4 Å². The van der Waals surface area contributed by atoms with Gasteiger partial charge in [-0.1, -0.05) is 35.0 Å². The number of rotatable bonds is 5. The van der Waals surface area contributed by atoms with E-state index in [0.29, 0.717) is 31.1 Å². The van der Waals surface area contributed by atoms with Gasteiger partial charge in [-0.3, -0.25) is 4.90 Å². The highest BCUT2D eigenvalue weighted by atomic mass is 32.2. The van der Waals surface area contributed by atoms with E-state index >= 15 is 0 Å². The second-order valence-electron chi connectivity index (χ2n) is 7.70. The Kier molecular flexibility index (Phi) is 6.06. The summed E-state index contributed by atoms with van der Waals surface area (Å²) in [5.41, 5.74) is 3.80. The SMILES string of the molecule is Cc1ccc(-c2nc(CN3CCCN(S(=O)(=O)c4c(C)noc4C)CC3)cs2)cc1. The first kappa shape index (κ1) is 21.2. The molecule has 0 radical (unpaired) electrons. The van der Waals surface area contributed by atoms with E-state index in [2.05, 4.69) is 46.6 Å². The first-order valence-electron chi connectivity index (χ1n) is 10.0. The molecule has 9 heteroatoms. The van der Waals surface area contributed by atoms with Crippen molar-refractivity contribution in [3.63, 3.8) is 0 Å². The molecule has 1 aliphatic heterocycles. The molecule has 1 aliphatic rings. The highest BCUT2D eigenvalue weighted by Crippen LogP contribution is 2.26. The normalized spacial score (nSPS) is 16.6. The lowest BCUT2D eigenvalue weighted by Crippen LogP contribution is -2.35. The van der Waals surface area contributed by atoms with Crippen LogP contribution in [0.3, 0.4) is 0 Å².